The number of hydrogen-bond acceptors (Lipinski definition) is 7. The van der Waals surface area contributed by atoms with Crippen molar-refractivity contribution in [2.24, 2.45) is 0 Å². The van der Waals surface area contributed by atoms with Crippen LogP contribution in [0.5, 0.6) is 0 Å². The summed E-state index contributed by atoms with van der Waals surface area (Å²) in [5, 5.41) is 9.44. The quantitative estimate of drug-likeness (QED) is 0.618. The zero-order valence-corrected chi connectivity index (χ0v) is 13.2. The molecule has 2 N–H and O–H groups in total. The monoisotopic (exact) mass is 321 g/mol. The molecule has 24 heavy (non-hydrogen) atoms. The van der Waals surface area contributed by atoms with Gasteiger partial charge in [-0.25, -0.2) is 14.6 Å². The lowest BCUT2D eigenvalue weighted by Crippen LogP contribution is -2.04. The lowest BCUT2D eigenvalue weighted by molar-refractivity contribution is 0.434. The first-order chi connectivity index (χ1) is 11.6. The van der Waals surface area contributed by atoms with E-state index in [0.717, 1.165) is 5.56 Å². The zero-order valence-electron chi connectivity index (χ0n) is 13.2. The van der Waals surface area contributed by atoms with Crippen molar-refractivity contribution in [3.8, 4) is 22.7 Å². The van der Waals surface area contributed by atoms with Gasteiger partial charge in [-0.2, -0.15) is 5.10 Å². The van der Waals surface area contributed by atoms with E-state index in [0.29, 0.717) is 34.0 Å². The second-order valence-corrected chi connectivity index (χ2v) is 5.66. The summed E-state index contributed by atoms with van der Waals surface area (Å²) < 4.78 is 7.25. The molecule has 0 radical (unpaired) electrons. The van der Waals surface area contributed by atoms with E-state index in [2.05, 4.69) is 25.2 Å². The highest BCUT2D eigenvalue weighted by Crippen LogP contribution is 2.32. The van der Waals surface area contributed by atoms with Crippen LogP contribution >= 0.6 is 0 Å². The number of nitrogens with zero attached hydrogens (tertiary/aromatic N) is 6. The number of pyridine rings is 1. The van der Waals surface area contributed by atoms with Gasteiger partial charge >= 0.3 is 0 Å². The fourth-order valence-electron chi connectivity index (χ4n) is 2.57. The predicted octanol–water partition coefficient (Wildman–Crippen LogP) is 2.71. The van der Waals surface area contributed by atoms with Crippen molar-refractivity contribution in [3.63, 3.8) is 0 Å². The molecule has 0 aliphatic heterocycles. The van der Waals surface area contributed by atoms with E-state index in [-0.39, 0.29) is 6.04 Å². The topological polar surface area (TPSA) is 109 Å². The number of aromatic nitrogens is 6. The van der Waals surface area contributed by atoms with Crippen LogP contribution in [0, 0.1) is 0 Å². The maximum atomic E-state index is 6.05. The summed E-state index contributed by atoms with van der Waals surface area (Å²) in [4.78, 5) is 12.5. The van der Waals surface area contributed by atoms with Crippen molar-refractivity contribution in [3.05, 3.63) is 36.9 Å². The largest absolute Gasteiger partial charge is 0.383 e. The van der Waals surface area contributed by atoms with Gasteiger partial charge in [-0.3, -0.25) is 4.98 Å². The lowest BCUT2D eigenvalue weighted by Gasteiger charge is -2.05. The summed E-state index contributed by atoms with van der Waals surface area (Å²) in [6, 6.07) is 5.68. The minimum Gasteiger partial charge on any atom is -0.383 e. The molecule has 0 bridgehead atoms. The third-order valence-corrected chi connectivity index (χ3v) is 3.71. The number of fused-ring (bicyclic) bond motifs is 1. The van der Waals surface area contributed by atoms with Crippen LogP contribution in [0.15, 0.2) is 41.4 Å². The molecule has 120 valence electrons. The number of anilines is 1. The molecule has 8 heteroatoms. The van der Waals surface area contributed by atoms with Crippen molar-refractivity contribution in [2.45, 2.75) is 19.9 Å². The number of nitrogens with two attached hydrogens (primary N) is 1. The van der Waals surface area contributed by atoms with Gasteiger partial charge in [0, 0.05) is 30.1 Å². The van der Waals surface area contributed by atoms with Crippen LogP contribution < -0.4 is 5.73 Å². The number of nitrogen functional groups attached to an aromatic ring is 1. The fourth-order valence-corrected chi connectivity index (χ4v) is 2.57. The summed E-state index contributed by atoms with van der Waals surface area (Å²) in [5.41, 5.74) is 8.76. The Hall–Kier alpha value is -3.29. The summed E-state index contributed by atoms with van der Waals surface area (Å²) in [6.07, 6.45) is 4.86. The van der Waals surface area contributed by atoms with Gasteiger partial charge in [0.1, 0.15) is 23.5 Å². The van der Waals surface area contributed by atoms with Crippen molar-refractivity contribution in [1.82, 2.24) is 29.9 Å². The third kappa shape index (κ3) is 2.19. The molecular formula is C16H15N7O. The molecule has 0 aromatic carbocycles. The molecule has 8 nitrogen and oxygen atoms in total. The molecule has 0 aliphatic carbocycles. The van der Waals surface area contributed by atoms with Crippen LogP contribution in [0.4, 0.5) is 5.82 Å². The van der Waals surface area contributed by atoms with E-state index < -0.39 is 0 Å². The first kappa shape index (κ1) is 14.3. The maximum Gasteiger partial charge on any atom is 0.169 e. The molecule has 0 saturated carbocycles. The average Bonchev–Trinajstić information content (AvgIpc) is 3.21. The van der Waals surface area contributed by atoms with E-state index in [1.807, 2.05) is 32.0 Å². The number of rotatable bonds is 3. The lowest BCUT2D eigenvalue weighted by atomic mass is 10.1. The Morgan fingerprint density at radius 3 is 2.88 bits per heavy atom. The van der Waals surface area contributed by atoms with Gasteiger partial charge in [-0.1, -0.05) is 5.16 Å². The smallest absolute Gasteiger partial charge is 0.169 e. The molecule has 0 aliphatic rings. The molecule has 0 amide bonds. The summed E-state index contributed by atoms with van der Waals surface area (Å²) in [7, 11) is 0. The highest BCUT2D eigenvalue weighted by atomic mass is 16.5. The van der Waals surface area contributed by atoms with E-state index in [4.69, 9.17) is 10.3 Å². The van der Waals surface area contributed by atoms with Crippen LogP contribution in [-0.4, -0.2) is 29.9 Å². The highest BCUT2D eigenvalue weighted by Gasteiger charge is 2.21. The van der Waals surface area contributed by atoms with Gasteiger partial charge in [0.05, 0.1) is 5.39 Å². The van der Waals surface area contributed by atoms with Crippen LogP contribution in [0.3, 0.4) is 0 Å². The fraction of sp³-hybridized carbons (Fsp3) is 0.188. The third-order valence-electron chi connectivity index (χ3n) is 3.71. The normalized spacial score (nSPS) is 11.5. The minimum atomic E-state index is 0.125. The van der Waals surface area contributed by atoms with Crippen LogP contribution in [0.1, 0.15) is 19.9 Å². The van der Waals surface area contributed by atoms with E-state index in [1.54, 1.807) is 17.1 Å². The Morgan fingerprint density at radius 2 is 2.12 bits per heavy atom. The molecule has 0 atom stereocenters. The second kappa shape index (κ2) is 5.41. The summed E-state index contributed by atoms with van der Waals surface area (Å²) in [6.45, 7) is 4.05. The van der Waals surface area contributed by atoms with E-state index in [1.165, 1.54) is 6.33 Å². The molecule has 0 saturated heterocycles. The SMILES string of the molecule is CC(C)n1nc(-c2cc(-c3cccnc3)on2)c2c(N)ncnc21. The number of hydrogen-bond donors (Lipinski definition) is 1. The Bertz CT molecular complexity index is 1000. The molecule has 4 aromatic rings. The molecule has 4 aromatic heterocycles. The van der Waals surface area contributed by atoms with Crippen molar-refractivity contribution < 1.29 is 4.52 Å². The summed E-state index contributed by atoms with van der Waals surface area (Å²) in [5.74, 6) is 0.980. The van der Waals surface area contributed by atoms with Gasteiger partial charge < -0.3 is 10.3 Å². The molecule has 0 unspecified atom stereocenters. The van der Waals surface area contributed by atoms with E-state index >= 15 is 0 Å². The molecule has 0 spiro atoms. The Labute approximate surface area is 137 Å². The Kier molecular flexibility index (Phi) is 3.23. The van der Waals surface area contributed by atoms with Crippen molar-refractivity contribution in [2.75, 3.05) is 5.73 Å². The van der Waals surface area contributed by atoms with Gasteiger partial charge in [0.15, 0.2) is 11.4 Å². The second-order valence-electron chi connectivity index (χ2n) is 5.66. The van der Waals surface area contributed by atoms with Crippen LogP contribution in [-0.2, 0) is 0 Å². The Balaban J connectivity index is 1.90. The average molecular weight is 321 g/mol. The van der Waals surface area contributed by atoms with E-state index in [9.17, 15) is 0 Å². The first-order valence-electron chi connectivity index (χ1n) is 7.51. The van der Waals surface area contributed by atoms with Crippen molar-refractivity contribution >= 4 is 16.9 Å². The van der Waals surface area contributed by atoms with Gasteiger partial charge in [0.2, 0.25) is 0 Å². The zero-order chi connectivity index (χ0) is 16.7. The molecule has 4 heterocycles. The summed E-state index contributed by atoms with van der Waals surface area (Å²) >= 11 is 0. The molecular weight excluding hydrogens is 306 g/mol. The first-order valence-corrected chi connectivity index (χ1v) is 7.51. The minimum absolute atomic E-state index is 0.125. The predicted molar refractivity (Wildman–Crippen MR) is 88.8 cm³/mol. The highest BCUT2D eigenvalue weighted by molar-refractivity contribution is 5.97. The standard InChI is InChI=1S/C16H15N7O/c1-9(2)23-16-13(15(17)19-8-20-16)14(21-23)11-6-12(24-22-11)10-4-3-5-18-7-10/h3-9H,1-2H3,(H2,17,19,20). The van der Waals surface area contributed by atoms with Gasteiger partial charge in [-0.15, -0.1) is 0 Å². The van der Waals surface area contributed by atoms with Crippen LogP contribution in [0.2, 0.25) is 0 Å². The van der Waals surface area contributed by atoms with Crippen LogP contribution in [0.25, 0.3) is 33.7 Å². The molecule has 4 rings (SSSR count). The van der Waals surface area contributed by atoms with Gasteiger partial charge in [0.25, 0.3) is 0 Å². The Morgan fingerprint density at radius 1 is 1.25 bits per heavy atom. The van der Waals surface area contributed by atoms with Gasteiger partial charge in [-0.05, 0) is 26.0 Å². The maximum absolute atomic E-state index is 6.05. The van der Waals surface area contributed by atoms with Crippen molar-refractivity contribution in [1.29, 1.82) is 0 Å². The molecule has 0 fully saturated rings.